The van der Waals surface area contributed by atoms with Crippen LogP contribution in [0.3, 0.4) is 0 Å². The summed E-state index contributed by atoms with van der Waals surface area (Å²) in [6.45, 7) is 2.68. The summed E-state index contributed by atoms with van der Waals surface area (Å²) in [5, 5.41) is 21.7. The second kappa shape index (κ2) is 11.5. The Kier molecular flexibility index (Phi) is 8.62. The Balaban J connectivity index is 0.000000202. The Morgan fingerprint density at radius 3 is 1.89 bits per heavy atom. The lowest BCUT2D eigenvalue weighted by molar-refractivity contribution is -0.0272. The molecule has 2 aliphatic heterocycles. The maximum atomic E-state index is 11.7. The number of H-pyrrole nitrogens is 2. The number of nitrogens with two attached hydrogens (primary N) is 1. The molecule has 16 nitrogen and oxygen atoms in total. The van der Waals surface area contributed by atoms with Crippen LogP contribution < -0.4 is 28.2 Å². The molecule has 4 rings (SSSR count). The molecule has 2 aromatic heterocycles. The molecular formula is C20H28N8O8. The van der Waals surface area contributed by atoms with E-state index in [-0.39, 0.29) is 25.7 Å². The summed E-state index contributed by atoms with van der Waals surface area (Å²) in [6.07, 6.45) is 1.19. The van der Waals surface area contributed by atoms with Gasteiger partial charge in [-0.25, -0.2) is 9.59 Å². The van der Waals surface area contributed by atoms with Gasteiger partial charge in [0, 0.05) is 47.3 Å². The number of hydrogen-bond acceptors (Lipinski definition) is 10. The fourth-order valence-corrected chi connectivity index (χ4v) is 3.94. The average Bonchev–Trinajstić information content (AvgIpc) is 3.42. The summed E-state index contributed by atoms with van der Waals surface area (Å²) in [7, 11) is 0. The summed E-state index contributed by atoms with van der Waals surface area (Å²) in [6, 6.07) is -0.858. The lowest BCUT2D eigenvalue weighted by Gasteiger charge is -2.14. The first kappa shape index (κ1) is 27.1. The van der Waals surface area contributed by atoms with Gasteiger partial charge < -0.3 is 25.4 Å². The maximum absolute atomic E-state index is 11.7. The van der Waals surface area contributed by atoms with Gasteiger partial charge in [-0.2, -0.15) is 0 Å². The van der Waals surface area contributed by atoms with E-state index in [4.69, 9.17) is 31.0 Å². The first-order valence-corrected chi connectivity index (χ1v) is 11.1. The van der Waals surface area contributed by atoms with Crippen LogP contribution in [0.1, 0.15) is 36.4 Å². The van der Waals surface area contributed by atoms with Crippen LogP contribution in [0.2, 0.25) is 0 Å². The van der Waals surface area contributed by atoms with Crippen molar-refractivity contribution in [2.45, 2.75) is 63.4 Å². The highest BCUT2D eigenvalue weighted by Gasteiger charge is 2.36. The van der Waals surface area contributed by atoms with Crippen LogP contribution in [0.4, 0.5) is 0 Å². The number of ether oxygens (including phenoxy) is 2. The highest BCUT2D eigenvalue weighted by Crippen LogP contribution is 2.29. The fraction of sp³-hybridized carbons (Fsp3) is 0.600. The van der Waals surface area contributed by atoms with Gasteiger partial charge in [-0.3, -0.25) is 28.7 Å². The number of aryl methyl sites for hydroxylation is 2. The minimum Gasteiger partial charge on any atom is -0.394 e. The summed E-state index contributed by atoms with van der Waals surface area (Å²) < 4.78 is 13.4. The Labute approximate surface area is 202 Å². The number of hydrogen-bond donors (Lipinski definition) is 5. The average molecular weight is 508 g/mol. The lowest BCUT2D eigenvalue weighted by Crippen LogP contribution is -2.33. The summed E-state index contributed by atoms with van der Waals surface area (Å²) >= 11 is 0. The molecule has 36 heavy (non-hydrogen) atoms. The Hall–Kier alpha value is -3.53. The number of aliphatic hydroxyl groups is 2. The van der Waals surface area contributed by atoms with E-state index in [1.54, 1.807) is 13.8 Å². The SMILES string of the molecule is Cc1cn([C@H]2C[C@@H](N)[C@@H](CO)O2)c(=O)[nH]c1=O.Cc1cn([C@H]2C[C@@H](N=[N+]=[N-])[C@@H](CO)O2)c(=O)[nH]c1=O. The molecule has 2 saturated heterocycles. The molecule has 0 saturated carbocycles. The second-order valence-corrected chi connectivity index (χ2v) is 8.49. The Morgan fingerprint density at radius 1 is 0.972 bits per heavy atom. The van der Waals surface area contributed by atoms with Crippen molar-refractivity contribution in [2.75, 3.05) is 13.2 Å². The Bertz CT molecular complexity index is 1360. The second-order valence-electron chi connectivity index (χ2n) is 8.49. The molecule has 6 N–H and O–H groups in total. The molecule has 2 aromatic rings. The van der Waals surface area contributed by atoms with Crippen LogP contribution in [0.25, 0.3) is 10.4 Å². The number of azide groups is 1. The summed E-state index contributed by atoms with van der Waals surface area (Å²) in [4.78, 5) is 52.9. The molecule has 2 fully saturated rings. The molecular weight excluding hydrogens is 480 g/mol. The van der Waals surface area contributed by atoms with E-state index < -0.39 is 53.2 Å². The van der Waals surface area contributed by atoms with Crippen molar-refractivity contribution in [1.29, 1.82) is 0 Å². The molecule has 0 unspecified atom stereocenters. The minimum absolute atomic E-state index is 0.186. The standard InChI is InChI=1S/C10H13N5O4.C10H15N3O4/c1-5-3-15(10(18)12-9(5)17)8-2-6(13-14-11)7(4-16)19-8;1-5-3-13(10(16)12-9(5)15)8-2-6(11)7(4-14)17-8/h3,6-8,16H,2,4H2,1H3,(H,12,17,18);3,6-8,14H,2,4,11H2,1H3,(H,12,15,16)/t2*6-,7-,8-/m11/s1. The molecule has 0 aliphatic carbocycles. The van der Waals surface area contributed by atoms with Crippen molar-refractivity contribution in [2.24, 2.45) is 10.8 Å². The third-order valence-electron chi connectivity index (χ3n) is 5.96. The molecule has 0 spiro atoms. The largest absolute Gasteiger partial charge is 0.394 e. The zero-order valence-electron chi connectivity index (χ0n) is 19.6. The molecule has 0 bridgehead atoms. The molecule has 0 amide bonds. The third kappa shape index (κ3) is 5.81. The first-order valence-electron chi connectivity index (χ1n) is 11.1. The van der Waals surface area contributed by atoms with Crippen LogP contribution in [0.5, 0.6) is 0 Å². The van der Waals surface area contributed by atoms with Gasteiger partial charge in [0.05, 0.1) is 31.5 Å². The van der Waals surface area contributed by atoms with E-state index in [1.165, 1.54) is 21.5 Å². The van der Waals surface area contributed by atoms with Crippen LogP contribution in [-0.4, -0.2) is 66.8 Å². The van der Waals surface area contributed by atoms with Crippen molar-refractivity contribution < 1.29 is 19.7 Å². The number of aliphatic hydroxyl groups excluding tert-OH is 2. The van der Waals surface area contributed by atoms with E-state index in [1.807, 2.05) is 0 Å². The van der Waals surface area contributed by atoms with E-state index in [2.05, 4.69) is 20.0 Å². The van der Waals surface area contributed by atoms with Crippen LogP contribution in [0.15, 0.2) is 36.7 Å². The summed E-state index contributed by atoms with van der Waals surface area (Å²) in [5.41, 5.74) is 13.0. The molecule has 16 heteroatoms. The van der Waals surface area contributed by atoms with E-state index in [0.29, 0.717) is 17.5 Å². The van der Waals surface area contributed by atoms with Gasteiger partial charge >= 0.3 is 11.4 Å². The van der Waals surface area contributed by atoms with Gasteiger partial charge in [-0.15, -0.1) is 0 Å². The highest BCUT2D eigenvalue weighted by molar-refractivity contribution is 5.03. The number of aromatic nitrogens is 4. The van der Waals surface area contributed by atoms with Crippen LogP contribution in [0, 0.1) is 13.8 Å². The van der Waals surface area contributed by atoms with Crippen LogP contribution in [-0.2, 0) is 9.47 Å². The number of nitrogens with one attached hydrogen (secondary N) is 2. The van der Waals surface area contributed by atoms with Gasteiger partial charge in [0.1, 0.15) is 12.5 Å². The molecule has 196 valence electrons. The zero-order valence-corrected chi connectivity index (χ0v) is 19.6. The predicted molar refractivity (Wildman–Crippen MR) is 124 cm³/mol. The minimum atomic E-state index is -0.671. The topological polar surface area (TPSA) is 243 Å². The van der Waals surface area contributed by atoms with Gasteiger partial charge in [-0.1, -0.05) is 5.11 Å². The van der Waals surface area contributed by atoms with Crippen molar-refractivity contribution in [3.05, 3.63) is 75.6 Å². The van der Waals surface area contributed by atoms with Crippen LogP contribution >= 0.6 is 0 Å². The number of rotatable bonds is 5. The van der Waals surface area contributed by atoms with Gasteiger partial charge in [0.2, 0.25) is 0 Å². The molecule has 2 aliphatic rings. The smallest absolute Gasteiger partial charge is 0.330 e. The Morgan fingerprint density at radius 2 is 1.44 bits per heavy atom. The molecule has 6 atom stereocenters. The maximum Gasteiger partial charge on any atom is 0.330 e. The van der Waals surface area contributed by atoms with Gasteiger partial charge in [0.25, 0.3) is 11.1 Å². The van der Waals surface area contributed by atoms with E-state index in [9.17, 15) is 19.2 Å². The quantitative estimate of drug-likeness (QED) is 0.174. The van der Waals surface area contributed by atoms with Crippen molar-refractivity contribution >= 4 is 0 Å². The monoisotopic (exact) mass is 508 g/mol. The van der Waals surface area contributed by atoms with Gasteiger partial charge in [0.15, 0.2) is 0 Å². The summed E-state index contributed by atoms with van der Waals surface area (Å²) in [5.74, 6) is 0. The fourth-order valence-electron chi connectivity index (χ4n) is 3.94. The predicted octanol–water partition coefficient (Wildman–Crippen LogP) is -1.74. The third-order valence-corrected chi connectivity index (χ3v) is 5.96. The zero-order chi connectivity index (χ0) is 26.6. The first-order chi connectivity index (χ1) is 17.1. The molecule has 4 heterocycles. The lowest BCUT2D eigenvalue weighted by atomic mass is 10.1. The van der Waals surface area contributed by atoms with E-state index in [0.717, 1.165) is 0 Å². The van der Waals surface area contributed by atoms with Crippen molar-refractivity contribution in [3.8, 4) is 0 Å². The number of nitrogens with zero attached hydrogens (tertiary/aromatic N) is 5. The highest BCUT2D eigenvalue weighted by atomic mass is 16.5. The van der Waals surface area contributed by atoms with E-state index >= 15 is 0 Å². The normalized spacial score (nSPS) is 27.2. The van der Waals surface area contributed by atoms with Gasteiger partial charge in [-0.05, 0) is 19.4 Å². The van der Waals surface area contributed by atoms with Crippen molar-refractivity contribution in [1.82, 2.24) is 19.1 Å². The molecule has 0 radical (unpaired) electrons. The van der Waals surface area contributed by atoms with Crippen molar-refractivity contribution in [3.63, 3.8) is 0 Å². The number of aromatic amines is 2. The molecule has 0 aromatic carbocycles.